The average molecular weight is 649 g/mol. The third-order valence-corrected chi connectivity index (χ3v) is 12.0. The Labute approximate surface area is 296 Å². The molecule has 238 valence electrons. The van der Waals surface area contributed by atoms with Crippen LogP contribution in [0.3, 0.4) is 0 Å². The van der Waals surface area contributed by atoms with E-state index in [0.717, 1.165) is 12.8 Å². The van der Waals surface area contributed by atoms with E-state index in [0.29, 0.717) is 0 Å². The summed E-state index contributed by atoms with van der Waals surface area (Å²) in [5.74, 6) is 0. The molecule has 7 aromatic carbocycles. The van der Waals surface area contributed by atoms with Gasteiger partial charge in [0.25, 0.3) is 0 Å². The summed E-state index contributed by atoms with van der Waals surface area (Å²) in [5.41, 5.74) is 19.3. The quantitative estimate of drug-likeness (QED) is 0.177. The van der Waals surface area contributed by atoms with Gasteiger partial charge in [0.15, 0.2) is 0 Å². The minimum absolute atomic E-state index is 0.457. The van der Waals surface area contributed by atoms with Crippen LogP contribution in [0.4, 0.5) is 0 Å². The number of allylic oxidation sites excluding steroid dienone is 1. The van der Waals surface area contributed by atoms with Crippen molar-refractivity contribution in [2.45, 2.75) is 18.3 Å². The van der Waals surface area contributed by atoms with Crippen LogP contribution in [0.2, 0.25) is 0 Å². The predicted octanol–water partition coefficient (Wildman–Crippen LogP) is 12.0. The van der Waals surface area contributed by atoms with E-state index in [-0.39, 0.29) is 0 Å². The van der Waals surface area contributed by atoms with Gasteiger partial charge in [-0.3, -0.25) is 0 Å². The van der Waals surface area contributed by atoms with Gasteiger partial charge in [-0.25, -0.2) is 0 Å². The van der Waals surface area contributed by atoms with Gasteiger partial charge in [-0.2, -0.15) is 0 Å². The van der Waals surface area contributed by atoms with Gasteiger partial charge in [0.05, 0.1) is 33.3 Å². The summed E-state index contributed by atoms with van der Waals surface area (Å²) >= 11 is 0. The van der Waals surface area contributed by atoms with Crippen LogP contribution in [0.5, 0.6) is 0 Å². The first-order valence-electron chi connectivity index (χ1n) is 18.1. The number of benzene rings is 7. The first kappa shape index (κ1) is 27.4. The Balaban J connectivity index is 1.22. The van der Waals surface area contributed by atoms with Gasteiger partial charge in [-0.05, 0) is 88.2 Å². The fourth-order valence-electron chi connectivity index (χ4n) is 10.2. The highest BCUT2D eigenvalue weighted by Crippen LogP contribution is 2.64. The van der Waals surface area contributed by atoms with E-state index in [9.17, 15) is 0 Å². The van der Waals surface area contributed by atoms with E-state index in [1.54, 1.807) is 0 Å². The molecular formula is C49H32N2. The molecule has 1 atom stereocenters. The Morgan fingerprint density at radius 3 is 1.49 bits per heavy atom. The Bertz CT molecular complexity index is 2930. The topological polar surface area (TPSA) is 9.86 Å². The van der Waals surface area contributed by atoms with Crippen molar-refractivity contribution in [3.63, 3.8) is 0 Å². The highest BCUT2D eigenvalue weighted by Gasteiger charge is 2.53. The fourth-order valence-corrected chi connectivity index (χ4v) is 10.2. The number of para-hydroxylation sites is 3. The van der Waals surface area contributed by atoms with Gasteiger partial charge >= 0.3 is 0 Å². The lowest BCUT2D eigenvalue weighted by atomic mass is 9.70. The molecule has 2 heteroatoms. The van der Waals surface area contributed by atoms with E-state index in [2.05, 4.69) is 179 Å². The van der Waals surface area contributed by atoms with Crippen molar-refractivity contribution in [1.82, 2.24) is 9.13 Å². The van der Waals surface area contributed by atoms with Gasteiger partial charge < -0.3 is 9.13 Å². The molecule has 0 saturated heterocycles. The van der Waals surface area contributed by atoms with Crippen molar-refractivity contribution in [3.05, 3.63) is 197 Å². The van der Waals surface area contributed by atoms with Gasteiger partial charge in [0.1, 0.15) is 0 Å². The lowest BCUT2D eigenvalue weighted by molar-refractivity contribution is 0.792. The second-order valence-electron chi connectivity index (χ2n) is 14.3. The monoisotopic (exact) mass is 648 g/mol. The average Bonchev–Trinajstić information content (AvgIpc) is 3.90. The normalized spacial score (nSPS) is 16.5. The number of aryl methyl sites for hydroxylation is 1. The van der Waals surface area contributed by atoms with E-state index >= 15 is 0 Å². The molecule has 0 aliphatic heterocycles. The zero-order valence-corrected chi connectivity index (χ0v) is 28.0. The first-order chi connectivity index (χ1) is 25.4. The van der Waals surface area contributed by atoms with Gasteiger partial charge in [0, 0.05) is 33.0 Å². The highest BCUT2D eigenvalue weighted by atomic mass is 15.0. The summed E-state index contributed by atoms with van der Waals surface area (Å²) in [6, 6.07) is 59.2. The number of nitrogens with zero attached hydrogens (tertiary/aromatic N) is 2. The van der Waals surface area contributed by atoms with E-state index in [1.807, 2.05) is 0 Å². The predicted molar refractivity (Wildman–Crippen MR) is 211 cm³/mol. The van der Waals surface area contributed by atoms with Crippen molar-refractivity contribution in [1.29, 1.82) is 0 Å². The van der Waals surface area contributed by atoms with Crippen LogP contribution >= 0.6 is 0 Å². The van der Waals surface area contributed by atoms with Crippen molar-refractivity contribution < 1.29 is 0 Å². The second-order valence-corrected chi connectivity index (χ2v) is 14.3. The molecule has 1 spiro atoms. The molecule has 3 aliphatic rings. The second kappa shape index (κ2) is 9.87. The zero-order chi connectivity index (χ0) is 33.3. The van der Waals surface area contributed by atoms with Crippen LogP contribution in [0.15, 0.2) is 164 Å². The molecule has 0 bridgehead atoms. The lowest BCUT2D eigenvalue weighted by Gasteiger charge is -2.30. The summed E-state index contributed by atoms with van der Waals surface area (Å²) in [6.45, 7) is 0. The summed E-state index contributed by atoms with van der Waals surface area (Å²) in [6.07, 6.45) is 6.85. The summed E-state index contributed by atoms with van der Waals surface area (Å²) in [4.78, 5) is 0. The number of fused-ring (bicyclic) bond motifs is 16. The lowest BCUT2D eigenvalue weighted by Crippen LogP contribution is -2.26. The molecule has 1 unspecified atom stereocenters. The summed E-state index contributed by atoms with van der Waals surface area (Å²) < 4.78 is 5.05. The maximum Gasteiger partial charge on any atom is 0.0727 e. The van der Waals surface area contributed by atoms with Crippen LogP contribution in [-0.2, 0) is 11.8 Å². The molecule has 0 N–H and O–H groups in total. The van der Waals surface area contributed by atoms with Gasteiger partial charge in [-0.15, -0.1) is 0 Å². The van der Waals surface area contributed by atoms with Crippen LogP contribution in [0.25, 0.3) is 72.4 Å². The van der Waals surface area contributed by atoms with Crippen molar-refractivity contribution in [2.75, 3.05) is 0 Å². The zero-order valence-electron chi connectivity index (χ0n) is 28.0. The minimum atomic E-state index is -0.457. The van der Waals surface area contributed by atoms with Crippen molar-refractivity contribution in [3.8, 4) is 33.6 Å². The van der Waals surface area contributed by atoms with E-state index in [4.69, 9.17) is 0 Å². The van der Waals surface area contributed by atoms with Crippen LogP contribution in [0.1, 0.15) is 39.9 Å². The molecule has 12 rings (SSSR count). The molecule has 9 aromatic rings. The van der Waals surface area contributed by atoms with Crippen molar-refractivity contribution in [2.24, 2.45) is 0 Å². The molecule has 0 fully saturated rings. The Kier molecular flexibility index (Phi) is 5.31. The summed E-state index contributed by atoms with van der Waals surface area (Å²) in [7, 11) is 0. The molecule has 2 aromatic heterocycles. The van der Waals surface area contributed by atoms with Crippen LogP contribution < -0.4 is 0 Å². The van der Waals surface area contributed by atoms with Crippen LogP contribution in [-0.4, -0.2) is 9.13 Å². The maximum atomic E-state index is 2.55. The van der Waals surface area contributed by atoms with Crippen LogP contribution in [0, 0.1) is 0 Å². The number of hydrogen-bond acceptors (Lipinski definition) is 0. The maximum absolute atomic E-state index is 2.55. The number of rotatable bonds is 2. The standard InChI is InChI=1S/C49H32N2/c1-7-21-37-35(19-1)47-39(23-13-29-45(47)50-41-25-9-3-15-31(41)32-16-4-10-26-42(32)50)49(37)38-22-8-2-20-36(38)48-40(49)24-14-30-46(48)51-43-27-11-5-17-33(43)34-18-6-12-28-44(34)51/h1-5,7-17,19-30H,6,18H2. The SMILES string of the molecule is C1=Cc2c(c3ccccc3n2-c2cccc3c2-c2ccccc2C32c3ccccc3-c3c(-n4c5ccccc5c5ccccc54)cccc32)CC1. The molecule has 51 heavy (non-hydrogen) atoms. The molecular weight excluding hydrogens is 617 g/mol. The fraction of sp³-hybridized carbons (Fsp3) is 0.0612. The van der Waals surface area contributed by atoms with Gasteiger partial charge in [0.2, 0.25) is 0 Å². The molecule has 3 aliphatic carbocycles. The highest BCUT2D eigenvalue weighted by molar-refractivity contribution is 6.10. The molecule has 0 radical (unpaired) electrons. The molecule has 0 saturated carbocycles. The first-order valence-corrected chi connectivity index (χ1v) is 18.1. The molecule has 2 nitrogen and oxygen atoms in total. The number of aromatic nitrogens is 2. The Hall–Kier alpha value is -6.38. The largest absolute Gasteiger partial charge is 0.309 e. The smallest absolute Gasteiger partial charge is 0.0727 e. The molecule has 2 heterocycles. The summed E-state index contributed by atoms with van der Waals surface area (Å²) in [5, 5.41) is 3.93. The Morgan fingerprint density at radius 2 is 0.882 bits per heavy atom. The number of hydrogen-bond donors (Lipinski definition) is 0. The Morgan fingerprint density at radius 1 is 0.412 bits per heavy atom. The molecule has 0 amide bonds. The third kappa shape index (κ3) is 3.29. The van der Waals surface area contributed by atoms with Crippen molar-refractivity contribution >= 4 is 38.8 Å². The van der Waals surface area contributed by atoms with E-state index in [1.165, 1.54) is 99.8 Å². The van der Waals surface area contributed by atoms with Gasteiger partial charge in [-0.1, -0.05) is 133 Å². The van der Waals surface area contributed by atoms with E-state index < -0.39 is 5.41 Å². The third-order valence-electron chi connectivity index (χ3n) is 12.0. The minimum Gasteiger partial charge on any atom is -0.309 e.